The summed E-state index contributed by atoms with van der Waals surface area (Å²) in [7, 11) is 0. The van der Waals surface area contributed by atoms with Gasteiger partial charge in [-0.05, 0) is 56.9 Å². The number of piperidine rings is 1. The minimum absolute atomic E-state index is 0.365. The number of hydrogen-bond donors (Lipinski definition) is 1. The van der Waals surface area contributed by atoms with Crippen molar-refractivity contribution in [2.75, 3.05) is 19.6 Å². The summed E-state index contributed by atoms with van der Waals surface area (Å²) in [6.45, 7) is 5.22. The van der Waals surface area contributed by atoms with Crippen LogP contribution < -0.4 is 5.32 Å². The summed E-state index contributed by atoms with van der Waals surface area (Å²) >= 11 is 0. The van der Waals surface area contributed by atoms with Crippen LogP contribution in [0.15, 0.2) is 0 Å². The zero-order valence-electron chi connectivity index (χ0n) is 12.9. The summed E-state index contributed by atoms with van der Waals surface area (Å²) < 4.78 is 0. The fraction of sp³-hybridized carbons (Fsp3) is 0.941. The van der Waals surface area contributed by atoms with Crippen molar-refractivity contribution in [3.8, 4) is 0 Å². The topological polar surface area (TPSA) is 32.3 Å². The summed E-state index contributed by atoms with van der Waals surface area (Å²) in [6, 6.07) is 0.540. The van der Waals surface area contributed by atoms with Crippen molar-refractivity contribution in [3.63, 3.8) is 0 Å². The van der Waals surface area contributed by atoms with E-state index < -0.39 is 0 Å². The molecule has 1 aliphatic heterocycles. The Morgan fingerprint density at radius 3 is 2.70 bits per heavy atom. The molecule has 20 heavy (non-hydrogen) atoms. The van der Waals surface area contributed by atoms with Gasteiger partial charge in [-0.25, -0.2) is 0 Å². The number of amides is 1. The van der Waals surface area contributed by atoms with E-state index >= 15 is 0 Å². The van der Waals surface area contributed by atoms with Gasteiger partial charge in [0.1, 0.15) is 0 Å². The van der Waals surface area contributed by atoms with E-state index in [1.165, 1.54) is 44.9 Å². The number of rotatable bonds is 5. The van der Waals surface area contributed by atoms with E-state index in [2.05, 4.69) is 17.1 Å². The van der Waals surface area contributed by atoms with Crippen LogP contribution in [0.4, 0.5) is 0 Å². The minimum Gasteiger partial charge on any atom is -0.341 e. The van der Waals surface area contributed by atoms with Crippen molar-refractivity contribution >= 4 is 5.91 Å². The van der Waals surface area contributed by atoms with Crippen LogP contribution in [0, 0.1) is 17.8 Å². The van der Waals surface area contributed by atoms with E-state index in [9.17, 15) is 4.79 Å². The average Bonchev–Trinajstić information content (AvgIpc) is 3.10. The quantitative estimate of drug-likeness (QED) is 0.838. The molecule has 0 aromatic rings. The molecule has 0 radical (unpaired) electrons. The molecule has 1 heterocycles. The van der Waals surface area contributed by atoms with Gasteiger partial charge in [-0.2, -0.15) is 0 Å². The molecular formula is C17H30N2O. The molecule has 1 N–H and O–H groups in total. The molecule has 3 heteroatoms. The second-order valence-corrected chi connectivity index (χ2v) is 7.21. The summed E-state index contributed by atoms with van der Waals surface area (Å²) in [6.07, 6.45) is 10.1. The number of nitrogens with zero attached hydrogens (tertiary/aromatic N) is 1. The molecular weight excluding hydrogens is 248 g/mol. The third kappa shape index (κ3) is 3.03. The number of carbonyl (C=O) groups excluding carboxylic acids is 1. The van der Waals surface area contributed by atoms with Crippen LogP contribution in [-0.4, -0.2) is 36.5 Å². The fourth-order valence-electron chi connectivity index (χ4n) is 4.69. The molecule has 3 fully saturated rings. The van der Waals surface area contributed by atoms with Crippen molar-refractivity contribution in [3.05, 3.63) is 0 Å². The molecule has 2 bridgehead atoms. The first-order valence-electron chi connectivity index (χ1n) is 8.80. The lowest BCUT2D eigenvalue weighted by Crippen LogP contribution is -2.48. The van der Waals surface area contributed by atoms with Crippen LogP contribution in [-0.2, 0) is 4.79 Å². The SMILES string of the molecule is CCCN(CC1CCCCN1)C(=O)C1CC2CCC1C2. The van der Waals surface area contributed by atoms with Crippen LogP contribution >= 0.6 is 0 Å². The van der Waals surface area contributed by atoms with E-state index in [0.717, 1.165) is 32.0 Å². The lowest BCUT2D eigenvalue weighted by atomic mass is 9.87. The molecule has 1 amide bonds. The Bertz CT molecular complexity index is 338. The van der Waals surface area contributed by atoms with Gasteiger partial charge in [0.2, 0.25) is 5.91 Å². The highest BCUT2D eigenvalue weighted by molar-refractivity contribution is 5.79. The monoisotopic (exact) mass is 278 g/mol. The minimum atomic E-state index is 0.365. The molecule has 0 aromatic heterocycles. The van der Waals surface area contributed by atoms with Gasteiger partial charge in [0, 0.05) is 25.0 Å². The first-order chi connectivity index (χ1) is 9.78. The molecule has 3 rings (SSSR count). The molecule has 0 spiro atoms. The molecule has 3 nitrogen and oxygen atoms in total. The maximum atomic E-state index is 12.9. The Labute approximate surface area is 123 Å². The second-order valence-electron chi connectivity index (χ2n) is 7.21. The summed E-state index contributed by atoms with van der Waals surface area (Å²) in [4.78, 5) is 15.1. The van der Waals surface area contributed by atoms with Gasteiger partial charge in [0.25, 0.3) is 0 Å². The zero-order chi connectivity index (χ0) is 13.9. The van der Waals surface area contributed by atoms with E-state index in [4.69, 9.17) is 0 Å². The lowest BCUT2D eigenvalue weighted by Gasteiger charge is -2.34. The van der Waals surface area contributed by atoms with Crippen LogP contribution in [0.1, 0.15) is 58.3 Å². The predicted octanol–water partition coefficient (Wildman–Crippen LogP) is 2.80. The van der Waals surface area contributed by atoms with Gasteiger partial charge in [-0.3, -0.25) is 4.79 Å². The highest BCUT2D eigenvalue weighted by atomic mass is 16.2. The molecule has 1 saturated heterocycles. The van der Waals surface area contributed by atoms with Gasteiger partial charge in [-0.1, -0.05) is 19.8 Å². The van der Waals surface area contributed by atoms with Gasteiger partial charge >= 0.3 is 0 Å². The molecule has 3 aliphatic rings. The van der Waals surface area contributed by atoms with E-state index in [1.54, 1.807) is 0 Å². The molecule has 4 atom stereocenters. The highest BCUT2D eigenvalue weighted by Crippen LogP contribution is 2.48. The van der Waals surface area contributed by atoms with Crippen molar-refractivity contribution in [1.82, 2.24) is 10.2 Å². The fourth-order valence-corrected chi connectivity index (χ4v) is 4.69. The van der Waals surface area contributed by atoms with Crippen LogP contribution in [0.2, 0.25) is 0 Å². The van der Waals surface area contributed by atoms with E-state index in [-0.39, 0.29) is 0 Å². The normalized spacial score (nSPS) is 36.2. The summed E-state index contributed by atoms with van der Waals surface area (Å²) in [5, 5.41) is 3.59. The zero-order valence-corrected chi connectivity index (χ0v) is 12.9. The second kappa shape index (κ2) is 6.46. The smallest absolute Gasteiger partial charge is 0.226 e. The Balaban J connectivity index is 1.58. The number of nitrogens with one attached hydrogen (secondary N) is 1. The maximum absolute atomic E-state index is 12.9. The maximum Gasteiger partial charge on any atom is 0.226 e. The van der Waals surface area contributed by atoms with Crippen molar-refractivity contribution in [1.29, 1.82) is 0 Å². The van der Waals surface area contributed by atoms with Gasteiger partial charge in [-0.15, -0.1) is 0 Å². The standard InChI is InChI=1S/C17H30N2O/c1-2-9-19(12-15-5-3-4-8-18-15)17(20)16-11-13-6-7-14(16)10-13/h13-16,18H,2-12H2,1H3. The van der Waals surface area contributed by atoms with Crippen LogP contribution in [0.3, 0.4) is 0 Å². The van der Waals surface area contributed by atoms with Crippen molar-refractivity contribution in [2.24, 2.45) is 17.8 Å². The lowest BCUT2D eigenvalue weighted by molar-refractivity contribution is -0.137. The molecule has 0 aromatic carbocycles. The summed E-state index contributed by atoms with van der Waals surface area (Å²) in [5.41, 5.74) is 0. The molecule has 2 saturated carbocycles. The highest BCUT2D eigenvalue weighted by Gasteiger charge is 2.44. The van der Waals surface area contributed by atoms with Crippen molar-refractivity contribution < 1.29 is 4.79 Å². The first-order valence-corrected chi connectivity index (χ1v) is 8.80. The Morgan fingerprint density at radius 2 is 2.10 bits per heavy atom. The number of carbonyl (C=O) groups is 1. The van der Waals surface area contributed by atoms with Gasteiger partial charge < -0.3 is 10.2 Å². The summed E-state index contributed by atoms with van der Waals surface area (Å²) in [5.74, 6) is 2.42. The Kier molecular flexibility index (Phi) is 4.65. The van der Waals surface area contributed by atoms with Crippen LogP contribution in [0.25, 0.3) is 0 Å². The third-order valence-electron chi connectivity index (χ3n) is 5.71. The van der Waals surface area contributed by atoms with Crippen molar-refractivity contribution in [2.45, 2.75) is 64.3 Å². The number of hydrogen-bond acceptors (Lipinski definition) is 2. The molecule has 114 valence electrons. The Hall–Kier alpha value is -0.570. The number of fused-ring (bicyclic) bond motifs is 2. The first kappa shape index (κ1) is 14.4. The molecule has 2 aliphatic carbocycles. The Morgan fingerprint density at radius 1 is 1.20 bits per heavy atom. The predicted molar refractivity (Wildman–Crippen MR) is 81.5 cm³/mol. The van der Waals surface area contributed by atoms with E-state index in [0.29, 0.717) is 23.8 Å². The average molecular weight is 278 g/mol. The van der Waals surface area contributed by atoms with Gasteiger partial charge in [0.15, 0.2) is 0 Å². The third-order valence-corrected chi connectivity index (χ3v) is 5.71. The molecule has 4 unspecified atom stereocenters. The van der Waals surface area contributed by atoms with Gasteiger partial charge in [0.05, 0.1) is 0 Å². The largest absolute Gasteiger partial charge is 0.341 e. The van der Waals surface area contributed by atoms with Crippen LogP contribution in [0.5, 0.6) is 0 Å². The van der Waals surface area contributed by atoms with E-state index in [1.807, 2.05) is 0 Å².